The molecule has 2 heterocycles. The third-order valence-corrected chi connectivity index (χ3v) is 3.95. The predicted molar refractivity (Wildman–Crippen MR) is 67.9 cm³/mol. The molecule has 0 radical (unpaired) electrons. The molecule has 3 rings (SSSR count). The Labute approximate surface area is 100.0 Å². The fourth-order valence-corrected chi connectivity index (χ4v) is 2.78. The molecule has 0 saturated carbocycles. The van der Waals surface area contributed by atoms with Gasteiger partial charge in [-0.05, 0) is 44.0 Å². The first-order chi connectivity index (χ1) is 7.69. The van der Waals surface area contributed by atoms with Gasteiger partial charge in [0, 0.05) is 22.6 Å². The van der Waals surface area contributed by atoms with Crippen molar-refractivity contribution in [2.24, 2.45) is 0 Å². The van der Waals surface area contributed by atoms with Crippen molar-refractivity contribution in [1.82, 2.24) is 10.3 Å². The highest BCUT2D eigenvalue weighted by molar-refractivity contribution is 6.35. The van der Waals surface area contributed by atoms with Gasteiger partial charge in [-0.25, -0.2) is 0 Å². The zero-order chi connectivity index (χ0) is 11.2. The van der Waals surface area contributed by atoms with Crippen LogP contribution in [0.2, 0.25) is 5.02 Å². The van der Waals surface area contributed by atoms with Crippen molar-refractivity contribution in [3.05, 3.63) is 35.0 Å². The monoisotopic (exact) mass is 234 g/mol. The Bertz CT molecular complexity index is 524. The van der Waals surface area contributed by atoms with Crippen molar-refractivity contribution in [3.8, 4) is 0 Å². The number of fused-ring (bicyclic) bond motifs is 1. The minimum atomic E-state index is 0.120. The number of hydrogen-bond donors (Lipinski definition) is 2. The lowest BCUT2D eigenvalue weighted by molar-refractivity contribution is 0.435. The lowest BCUT2D eigenvalue weighted by atomic mass is 9.90. The fourth-order valence-electron chi connectivity index (χ4n) is 2.57. The van der Waals surface area contributed by atoms with Gasteiger partial charge in [-0.1, -0.05) is 17.7 Å². The Kier molecular flexibility index (Phi) is 2.23. The molecule has 0 bridgehead atoms. The molecule has 0 aliphatic carbocycles. The van der Waals surface area contributed by atoms with E-state index < -0.39 is 0 Å². The van der Waals surface area contributed by atoms with Gasteiger partial charge in [-0.2, -0.15) is 0 Å². The van der Waals surface area contributed by atoms with E-state index in [0.717, 1.165) is 22.5 Å². The minimum Gasteiger partial charge on any atom is -0.360 e. The summed E-state index contributed by atoms with van der Waals surface area (Å²) in [6, 6.07) is 6.50. The quantitative estimate of drug-likeness (QED) is 0.778. The molecule has 2 aromatic rings. The molecule has 1 aromatic carbocycles. The van der Waals surface area contributed by atoms with Crippen LogP contribution >= 0.6 is 11.6 Å². The van der Waals surface area contributed by atoms with Crippen LogP contribution in [0.3, 0.4) is 0 Å². The van der Waals surface area contributed by atoms with Gasteiger partial charge in [0.2, 0.25) is 0 Å². The number of nitrogens with one attached hydrogen (secondary N) is 2. The Morgan fingerprint density at radius 1 is 1.38 bits per heavy atom. The number of benzene rings is 1. The summed E-state index contributed by atoms with van der Waals surface area (Å²) in [7, 11) is 0. The van der Waals surface area contributed by atoms with E-state index in [2.05, 4.69) is 35.4 Å². The summed E-state index contributed by atoms with van der Waals surface area (Å²) in [6.07, 6.45) is 4.29. The molecule has 2 N–H and O–H groups in total. The second-order valence-corrected chi connectivity index (χ2v) is 5.17. The zero-order valence-corrected chi connectivity index (χ0v) is 10.1. The highest BCUT2D eigenvalue weighted by Crippen LogP contribution is 2.33. The molecule has 1 aliphatic rings. The van der Waals surface area contributed by atoms with Gasteiger partial charge in [-0.15, -0.1) is 0 Å². The van der Waals surface area contributed by atoms with Crippen LogP contribution in [0.5, 0.6) is 0 Å². The first-order valence-corrected chi connectivity index (χ1v) is 6.09. The highest BCUT2D eigenvalue weighted by Gasteiger charge is 2.30. The second kappa shape index (κ2) is 3.51. The summed E-state index contributed by atoms with van der Waals surface area (Å²) in [6.45, 7) is 3.37. The van der Waals surface area contributed by atoms with Crippen LogP contribution in [0.4, 0.5) is 0 Å². The van der Waals surface area contributed by atoms with Gasteiger partial charge in [0.05, 0.1) is 5.02 Å². The van der Waals surface area contributed by atoms with E-state index in [1.165, 1.54) is 18.4 Å². The Morgan fingerprint density at radius 3 is 3.00 bits per heavy atom. The number of hydrogen-bond acceptors (Lipinski definition) is 1. The number of halogens is 1. The summed E-state index contributed by atoms with van der Waals surface area (Å²) in [4.78, 5) is 3.17. The third-order valence-electron chi connectivity index (χ3n) is 3.64. The van der Waals surface area contributed by atoms with Crippen LogP contribution in [0.25, 0.3) is 10.9 Å². The van der Waals surface area contributed by atoms with E-state index in [4.69, 9.17) is 11.6 Å². The van der Waals surface area contributed by atoms with Gasteiger partial charge in [0.15, 0.2) is 0 Å². The van der Waals surface area contributed by atoms with Gasteiger partial charge in [-0.3, -0.25) is 0 Å². The van der Waals surface area contributed by atoms with Gasteiger partial charge in [0.1, 0.15) is 0 Å². The number of rotatable bonds is 1. The minimum absolute atomic E-state index is 0.120. The molecule has 3 heteroatoms. The first kappa shape index (κ1) is 10.2. The zero-order valence-electron chi connectivity index (χ0n) is 9.31. The van der Waals surface area contributed by atoms with Gasteiger partial charge >= 0.3 is 0 Å². The molecule has 0 spiro atoms. The smallest absolute Gasteiger partial charge is 0.0659 e. The Hall–Kier alpha value is -0.990. The molecule has 1 aliphatic heterocycles. The van der Waals surface area contributed by atoms with Crippen molar-refractivity contribution in [2.75, 3.05) is 6.54 Å². The first-order valence-electron chi connectivity index (χ1n) is 5.71. The van der Waals surface area contributed by atoms with E-state index >= 15 is 0 Å². The molecule has 1 atom stereocenters. The highest BCUT2D eigenvalue weighted by atomic mass is 35.5. The Morgan fingerprint density at radius 2 is 2.25 bits per heavy atom. The van der Waals surface area contributed by atoms with Crippen LogP contribution in [0.1, 0.15) is 25.3 Å². The van der Waals surface area contributed by atoms with E-state index in [-0.39, 0.29) is 5.54 Å². The topological polar surface area (TPSA) is 27.8 Å². The summed E-state index contributed by atoms with van der Waals surface area (Å²) in [5, 5.41) is 5.50. The average molecular weight is 235 g/mol. The normalized spacial score (nSPS) is 25.4. The van der Waals surface area contributed by atoms with Crippen molar-refractivity contribution >= 4 is 22.5 Å². The van der Waals surface area contributed by atoms with Crippen molar-refractivity contribution in [3.63, 3.8) is 0 Å². The maximum absolute atomic E-state index is 6.15. The van der Waals surface area contributed by atoms with Crippen LogP contribution in [-0.4, -0.2) is 11.5 Å². The van der Waals surface area contributed by atoms with Gasteiger partial charge < -0.3 is 10.3 Å². The SMILES string of the molecule is CC1(c2ccc3[nH]cc(Cl)c3c2)CCCN1. The maximum Gasteiger partial charge on any atom is 0.0659 e. The summed E-state index contributed by atoms with van der Waals surface area (Å²) >= 11 is 6.15. The van der Waals surface area contributed by atoms with Crippen molar-refractivity contribution in [2.45, 2.75) is 25.3 Å². The Balaban J connectivity index is 2.13. The van der Waals surface area contributed by atoms with Crippen LogP contribution in [-0.2, 0) is 5.54 Å². The van der Waals surface area contributed by atoms with E-state index in [0.29, 0.717) is 0 Å². The van der Waals surface area contributed by atoms with Crippen LogP contribution in [0, 0.1) is 0 Å². The number of H-pyrrole nitrogens is 1. The molecular formula is C13H15ClN2. The van der Waals surface area contributed by atoms with E-state index in [1.807, 2.05) is 6.20 Å². The third kappa shape index (κ3) is 1.45. The largest absolute Gasteiger partial charge is 0.360 e. The predicted octanol–water partition coefficient (Wildman–Crippen LogP) is 3.42. The summed E-state index contributed by atoms with van der Waals surface area (Å²) in [5.41, 5.74) is 2.56. The second-order valence-electron chi connectivity index (χ2n) is 4.76. The summed E-state index contributed by atoms with van der Waals surface area (Å²) < 4.78 is 0. The molecular weight excluding hydrogens is 220 g/mol. The molecule has 84 valence electrons. The number of aromatic amines is 1. The molecule has 1 aromatic heterocycles. The molecule has 1 saturated heterocycles. The van der Waals surface area contributed by atoms with Crippen molar-refractivity contribution in [1.29, 1.82) is 0 Å². The molecule has 0 amide bonds. The molecule has 2 nitrogen and oxygen atoms in total. The fraction of sp³-hybridized carbons (Fsp3) is 0.385. The van der Waals surface area contributed by atoms with Crippen molar-refractivity contribution < 1.29 is 0 Å². The molecule has 1 unspecified atom stereocenters. The maximum atomic E-state index is 6.15. The average Bonchev–Trinajstić information content (AvgIpc) is 2.87. The summed E-state index contributed by atoms with van der Waals surface area (Å²) in [5.74, 6) is 0. The standard InChI is InChI=1S/C13H15ClN2/c1-13(5-2-6-16-13)9-3-4-12-10(7-9)11(14)8-15-12/h3-4,7-8,15-16H,2,5-6H2,1H3. The lowest BCUT2D eigenvalue weighted by Crippen LogP contribution is -2.32. The lowest BCUT2D eigenvalue weighted by Gasteiger charge is -2.25. The molecule has 16 heavy (non-hydrogen) atoms. The van der Waals surface area contributed by atoms with E-state index in [9.17, 15) is 0 Å². The van der Waals surface area contributed by atoms with Gasteiger partial charge in [0.25, 0.3) is 0 Å². The molecule has 1 fully saturated rings. The number of aromatic nitrogens is 1. The van der Waals surface area contributed by atoms with E-state index in [1.54, 1.807) is 0 Å². The van der Waals surface area contributed by atoms with Crippen LogP contribution in [0.15, 0.2) is 24.4 Å². The van der Waals surface area contributed by atoms with Crippen LogP contribution < -0.4 is 5.32 Å².